The van der Waals surface area contributed by atoms with Crippen LogP contribution in [0.2, 0.25) is 0 Å². The van der Waals surface area contributed by atoms with Gasteiger partial charge in [-0.25, -0.2) is 0 Å². The fourth-order valence-corrected chi connectivity index (χ4v) is 1.33. The van der Waals surface area contributed by atoms with Crippen molar-refractivity contribution in [1.29, 1.82) is 0 Å². The van der Waals surface area contributed by atoms with Crippen LogP contribution in [0.15, 0.2) is 0 Å². The molecule has 1 aliphatic rings. The summed E-state index contributed by atoms with van der Waals surface area (Å²) in [5.41, 5.74) is 0. The highest BCUT2D eigenvalue weighted by Gasteiger charge is 2.24. The van der Waals surface area contributed by atoms with E-state index in [1.807, 2.05) is 0 Å². The van der Waals surface area contributed by atoms with Crippen LogP contribution >= 0.6 is 15.9 Å². The molecule has 0 heterocycles. The number of carbonyl (C=O) groups is 2. The third kappa shape index (κ3) is 5.49. The molecule has 16 heavy (non-hydrogen) atoms. The summed E-state index contributed by atoms with van der Waals surface area (Å²) in [4.78, 5) is 22.7. The second-order valence-electron chi connectivity index (χ2n) is 4.67. The molecule has 1 aliphatic carbocycles. The lowest BCUT2D eigenvalue weighted by atomic mass is 10.2. The molecule has 2 N–H and O–H groups in total. The fraction of sp³-hybridized carbons (Fsp3) is 0.818. The molecule has 5 heteroatoms. The molecule has 0 aromatic carbocycles. The Morgan fingerprint density at radius 2 is 2.00 bits per heavy atom. The smallest absolute Gasteiger partial charge is 0.236 e. The summed E-state index contributed by atoms with van der Waals surface area (Å²) < 4.78 is -0.538. The van der Waals surface area contributed by atoms with Gasteiger partial charge in [-0.1, -0.05) is 15.9 Å². The molecule has 0 spiro atoms. The van der Waals surface area contributed by atoms with Gasteiger partial charge in [0.2, 0.25) is 11.8 Å². The van der Waals surface area contributed by atoms with E-state index < -0.39 is 4.32 Å². The average molecular weight is 291 g/mol. The summed E-state index contributed by atoms with van der Waals surface area (Å²) in [5.74, 6) is 0.0463. The van der Waals surface area contributed by atoms with Gasteiger partial charge in [0.05, 0.1) is 4.32 Å². The van der Waals surface area contributed by atoms with Crippen LogP contribution in [0.5, 0.6) is 0 Å². The Morgan fingerprint density at radius 3 is 2.50 bits per heavy atom. The largest absolute Gasteiger partial charge is 0.355 e. The van der Waals surface area contributed by atoms with E-state index >= 15 is 0 Å². The highest BCUT2D eigenvalue weighted by Crippen LogP contribution is 2.18. The van der Waals surface area contributed by atoms with Crippen LogP contribution in [0, 0.1) is 0 Å². The average Bonchev–Trinajstić information content (AvgIpc) is 2.94. The molecule has 0 atom stereocenters. The topological polar surface area (TPSA) is 58.2 Å². The van der Waals surface area contributed by atoms with Gasteiger partial charge in [0.1, 0.15) is 0 Å². The second-order valence-corrected chi connectivity index (χ2v) is 6.66. The Labute approximate surface area is 105 Å². The molecule has 2 amide bonds. The number of nitrogens with one attached hydrogen (secondary N) is 2. The van der Waals surface area contributed by atoms with Crippen molar-refractivity contribution < 1.29 is 9.59 Å². The molecule has 1 rings (SSSR count). The fourth-order valence-electron chi connectivity index (χ4n) is 1.19. The predicted molar refractivity (Wildman–Crippen MR) is 66.4 cm³/mol. The Morgan fingerprint density at radius 1 is 1.38 bits per heavy atom. The van der Waals surface area contributed by atoms with Crippen LogP contribution in [0.25, 0.3) is 0 Å². The standard InChI is InChI=1S/C11H19BrN2O2/c1-11(2,12)10(16)13-7-3-4-9(15)14-8-5-6-8/h8H,3-7H2,1-2H3,(H,13,16)(H,14,15). The van der Waals surface area contributed by atoms with Crippen molar-refractivity contribution in [3.63, 3.8) is 0 Å². The first-order valence-corrected chi connectivity index (χ1v) is 6.45. The minimum absolute atomic E-state index is 0.0462. The van der Waals surface area contributed by atoms with Crippen molar-refractivity contribution >= 4 is 27.7 Å². The lowest BCUT2D eigenvalue weighted by Crippen LogP contribution is -2.38. The molecule has 0 aliphatic heterocycles. The minimum atomic E-state index is -0.538. The van der Waals surface area contributed by atoms with Crippen molar-refractivity contribution in [1.82, 2.24) is 10.6 Å². The van der Waals surface area contributed by atoms with Crippen LogP contribution in [-0.2, 0) is 9.59 Å². The summed E-state index contributed by atoms with van der Waals surface area (Å²) in [7, 11) is 0. The number of alkyl halides is 1. The Kier molecular flexibility index (Phi) is 4.77. The van der Waals surface area contributed by atoms with Crippen LogP contribution in [0.3, 0.4) is 0 Å². The minimum Gasteiger partial charge on any atom is -0.355 e. The summed E-state index contributed by atoms with van der Waals surface area (Å²) >= 11 is 3.27. The monoisotopic (exact) mass is 290 g/mol. The van der Waals surface area contributed by atoms with E-state index in [0.29, 0.717) is 25.4 Å². The normalized spacial score (nSPS) is 15.7. The third-order valence-electron chi connectivity index (χ3n) is 2.35. The number of hydrogen-bond acceptors (Lipinski definition) is 2. The first kappa shape index (κ1) is 13.5. The Balaban J connectivity index is 2.02. The van der Waals surface area contributed by atoms with Gasteiger partial charge in [0.15, 0.2) is 0 Å². The van der Waals surface area contributed by atoms with Crippen molar-refractivity contribution in [2.24, 2.45) is 0 Å². The number of hydrogen-bond donors (Lipinski definition) is 2. The zero-order chi connectivity index (χ0) is 12.2. The van der Waals surface area contributed by atoms with E-state index in [1.54, 1.807) is 13.8 Å². The van der Waals surface area contributed by atoms with Gasteiger partial charge >= 0.3 is 0 Å². The second kappa shape index (κ2) is 5.66. The molecular formula is C11H19BrN2O2. The van der Waals surface area contributed by atoms with Crippen LogP contribution in [-0.4, -0.2) is 28.7 Å². The lowest BCUT2D eigenvalue weighted by molar-refractivity contribution is -0.123. The highest BCUT2D eigenvalue weighted by atomic mass is 79.9. The number of rotatable bonds is 6. The van der Waals surface area contributed by atoms with Gasteiger partial charge in [-0.3, -0.25) is 9.59 Å². The molecule has 0 aromatic rings. The molecule has 0 aromatic heterocycles. The van der Waals surface area contributed by atoms with Gasteiger partial charge in [-0.2, -0.15) is 0 Å². The molecule has 0 radical (unpaired) electrons. The van der Waals surface area contributed by atoms with E-state index in [1.165, 1.54) is 0 Å². The Hall–Kier alpha value is -0.580. The Bertz CT molecular complexity index is 270. The third-order valence-corrected chi connectivity index (χ3v) is 2.71. The maximum absolute atomic E-state index is 11.4. The zero-order valence-electron chi connectivity index (χ0n) is 9.81. The lowest BCUT2D eigenvalue weighted by Gasteiger charge is -2.15. The van der Waals surface area contributed by atoms with E-state index in [4.69, 9.17) is 0 Å². The first-order chi connectivity index (χ1) is 7.39. The highest BCUT2D eigenvalue weighted by molar-refractivity contribution is 9.10. The van der Waals surface area contributed by atoms with E-state index in [-0.39, 0.29) is 11.8 Å². The zero-order valence-corrected chi connectivity index (χ0v) is 11.4. The number of amides is 2. The van der Waals surface area contributed by atoms with Crippen molar-refractivity contribution in [2.75, 3.05) is 6.54 Å². The summed E-state index contributed by atoms with van der Waals surface area (Å²) in [6.07, 6.45) is 3.40. The maximum Gasteiger partial charge on any atom is 0.236 e. The summed E-state index contributed by atoms with van der Waals surface area (Å²) in [6.45, 7) is 4.14. The summed E-state index contributed by atoms with van der Waals surface area (Å²) in [5, 5.41) is 5.69. The van der Waals surface area contributed by atoms with Crippen LogP contribution < -0.4 is 10.6 Å². The predicted octanol–water partition coefficient (Wildman–Crippen LogP) is 1.33. The van der Waals surface area contributed by atoms with Gasteiger partial charge in [-0.05, 0) is 33.1 Å². The quantitative estimate of drug-likeness (QED) is 0.573. The molecule has 1 saturated carbocycles. The molecule has 0 bridgehead atoms. The number of halogens is 1. The van der Waals surface area contributed by atoms with Gasteiger partial charge < -0.3 is 10.6 Å². The van der Waals surface area contributed by atoms with Crippen molar-refractivity contribution in [2.45, 2.75) is 49.9 Å². The maximum atomic E-state index is 11.4. The first-order valence-electron chi connectivity index (χ1n) is 5.66. The van der Waals surface area contributed by atoms with Crippen molar-refractivity contribution in [3.05, 3.63) is 0 Å². The molecule has 4 nitrogen and oxygen atoms in total. The summed E-state index contributed by atoms with van der Waals surface area (Å²) in [6, 6.07) is 0.420. The molecule has 92 valence electrons. The molecule has 1 fully saturated rings. The SMILES string of the molecule is CC(C)(Br)C(=O)NCCCC(=O)NC1CC1. The van der Waals surface area contributed by atoms with E-state index in [2.05, 4.69) is 26.6 Å². The molecule has 0 unspecified atom stereocenters. The van der Waals surface area contributed by atoms with Gasteiger partial charge in [-0.15, -0.1) is 0 Å². The van der Waals surface area contributed by atoms with E-state index in [0.717, 1.165) is 12.8 Å². The molecular weight excluding hydrogens is 272 g/mol. The molecule has 0 saturated heterocycles. The number of carbonyl (C=O) groups excluding carboxylic acids is 2. The van der Waals surface area contributed by atoms with Crippen LogP contribution in [0.1, 0.15) is 39.5 Å². The van der Waals surface area contributed by atoms with Crippen LogP contribution in [0.4, 0.5) is 0 Å². The van der Waals surface area contributed by atoms with Gasteiger partial charge in [0.25, 0.3) is 0 Å². The van der Waals surface area contributed by atoms with E-state index in [9.17, 15) is 9.59 Å². The van der Waals surface area contributed by atoms with Crippen molar-refractivity contribution in [3.8, 4) is 0 Å². The van der Waals surface area contributed by atoms with Gasteiger partial charge in [0, 0.05) is 19.0 Å².